The van der Waals surface area contributed by atoms with E-state index in [-0.39, 0.29) is 11.4 Å². The third-order valence-electron chi connectivity index (χ3n) is 5.36. The molecule has 4 aromatic rings. The lowest BCUT2D eigenvalue weighted by molar-refractivity contribution is 0.0992. The fourth-order valence-corrected chi connectivity index (χ4v) is 4.38. The number of hydrogen-bond acceptors (Lipinski definition) is 7. The molecule has 0 saturated heterocycles. The number of hydrogen-bond donors (Lipinski definition) is 1. The van der Waals surface area contributed by atoms with Gasteiger partial charge in [0.25, 0.3) is 5.56 Å². The Kier molecular flexibility index (Phi) is 6.20. The van der Waals surface area contributed by atoms with Gasteiger partial charge < -0.3 is 5.73 Å². The first-order chi connectivity index (χ1) is 16.2. The maximum Gasteiger partial charge on any atom is 0.332 e. The number of Topliss-reactive ketones (excluding diaryl/α,β-unsaturated/α-hetero) is 1. The Morgan fingerprint density at radius 2 is 1.65 bits per heavy atom. The molecule has 2 N–H and O–H groups in total. The summed E-state index contributed by atoms with van der Waals surface area (Å²) in [4.78, 5) is 38.0. The SMILES string of the molecule is CC(Sc1nnc(-c2ccccc2)n1-c1ccc(F)cc1)C(=O)c1c(N)n(C)c(=O)n(C)c1=O. The third-order valence-corrected chi connectivity index (χ3v) is 6.40. The number of carbonyl (C=O) groups is 1. The molecule has 34 heavy (non-hydrogen) atoms. The first-order valence-corrected chi connectivity index (χ1v) is 11.1. The zero-order valence-corrected chi connectivity index (χ0v) is 19.4. The summed E-state index contributed by atoms with van der Waals surface area (Å²) in [6.45, 7) is 1.61. The lowest BCUT2D eigenvalue weighted by Crippen LogP contribution is -2.42. The minimum absolute atomic E-state index is 0.199. The Balaban J connectivity index is 1.77. The summed E-state index contributed by atoms with van der Waals surface area (Å²) < 4.78 is 17.2. The van der Waals surface area contributed by atoms with Crippen LogP contribution < -0.4 is 17.0 Å². The van der Waals surface area contributed by atoms with E-state index in [1.807, 2.05) is 30.3 Å². The number of nitrogens with zero attached hydrogens (tertiary/aromatic N) is 5. The minimum atomic E-state index is -0.792. The van der Waals surface area contributed by atoms with Crippen molar-refractivity contribution in [3.05, 3.63) is 86.8 Å². The first kappa shape index (κ1) is 23.2. The van der Waals surface area contributed by atoms with Gasteiger partial charge in [0.1, 0.15) is 17.2 Å². The van der Waals surface area contributed by atoms with Crippen molar-refractivity contribution in [2.24, 2.45) is 14.1 Å². The van der Waals surface area contributed by atoms with Gasteiger partial charge in [-0.1, -0.05) is 42.1 Å². The van der Waals surface area contributed by atoms with Crippen LogP contribution in [0.15, 0.2) is 69.3 Å². The summed E-state index contributed by atoms with van der Waals surface area (Å²) >= 11 is 1.08. The highest BCUT2D eigenvalue weighted by molar-refractivity contribution is 8.00. The Hall–Kier alpha value is -3.99. The van der Waals surface area contributed by atoms with Crippen LogP contribution in [0.4, 0.5) is 10.2 Å². The topological polar surface area (TPSA) is 118 Å². The second kappa shape index (κ2) is 9.10. The number of benzene rings is 2. The van der Waals surface area contributed by atoms with Crippen molar-refractivity contribution < 1.29 is 9.18 Å². The number of thioether (sulfide) groups is 1. The summed E-state index contributed by atoms with van der Waals surface area (Å²) in [6, 6.07) is 15.1. The second-order valence-corrected chi connectivity index (χ2v) is 8.88. The quantitative estimate of drug-likeness (QED) is 0.333. The first-order valence-electron chi connectivity index (χ1n) is 10.2. The molecule has 0 radical (unpaired) electrons. The molecule has 0 aliphatic rings. The molecule has 174 valence electrons. The third kappa shape index (κ3) is 4.05. The number of nitrogens with two attached hydrogens (primary N) is 1. The van der Waals surface area contributed by atoms with E-state index >= 15 is 0 Å². The normalized spacial score (nSPS) is 12.0. The van der Waals surface area contributed by atoms with Crippen molar-refractivity contribution in [2.75, 3.05) is 5.73 Å². The predicted octanol–water partition coefficient (Wildman–Crippen LogP) is 2.42. The summed E-state index contributed by atoms with van der Waals surface area (Å²) in [5, 5.41) is 8.13. The molecule has 0 spiro atoms. The van der Waals surface area contributed by atoms with Crippen LogP contribution in [0.2, 0.25) is 0 Å². The summed E-state index contributed by atoms with van der Waals surface area (Å²) in [7, 11) is 2.68. The molecular formula is C23H21FN6O3S. The lowest BCUT2D eigenvalue weighted by Gasteiger charge is -2.15. The molecule has 2 aromatic heterocycles. The standard InChI is InChI=1S/C23H21FN6O3S/c1-13(18(31)17-19(25)28(2)23(33)29(3)21(17)32)34-22-27-26-20(14-7-5-4-6-8-14)30(22)16-11-9-15(24)10-12-16/h4-13H,25H2,1-3H3. The fraction of sp³-hybridized carbons (Fsp3) is 0.174. The van der Waals surface area contributed by atoms with Crippen LogP contribution in [-0.2, 0) is 14.1 Å². The molecular weight excluding hydrogens is 459 g/mol. The van der Waals surface area contributed by atoms with Crippen LogP contribution in [0.3, 0.4) is 0 Å². The van der Waals surface area contributed by atoms with Gasteiger partial charge in [-0.25, -0.2) is 9.18 Å². The molecule has 0 fully saturated rings. The summed E-state index contributed by atoms with van der Waals surface area (Å²) in [6.07, 6.45) is 0. The van der Waals surface area contributed by atoms with E-state index in [0.29, 0.717) is 16.7 Å². The molecule has 1 unspecified atom stereocenters. The van der Waals surface area contributed by atoms with Gasteiger partial charge in [0.15, 0.2) is 16.8 Å². The van der Waals surface area contributed by atoms with Crippen LogP contribution in [0.1, 0.15) is 17.3 Å². The van der Waals surface area contributed by atoms with E-state index in [1.54, 1.807) is 23.6 Å². The maximum absolute atomic E-state index is 13.6. The van der Waals surface area contributed by atoms with Crippen LogP contribution in [0.25, 0.3) is 17.1 Å². The Morgan fingerprint density at radius 3 is 2.29 bits per heavy atom. The summed E-state index contributed by atoms with van der Waals surface area (Å²) in [5.41, 5.74) is 5.69. The number of anilines is 1. The summed E-state index contributed by atoms with van der Waals surface area (Å²) in [5.74, 6) is -0.632. The molecule has 2 aromatic carbocycles. The highest BCUT2D eigenvalue weighted by Crippen LogP contribution is 2.31. The van der Waals surface area contributed by atoms with Gasteiger partial charge in [0, 0.05) is 25.3 Å². The van der Waals surface area contributed by atoms with Gasteiger partial charge in [0.05, 0.1) is 5.25 Å². The molecule has 11 heteroatoms. The molecule has 0 aliphatic carbocycles. The van der Waals surface area contributed by atoms with E-state index in [4.69, 9.17) is 5.73 Å². The molecule has 0 bridgehead atoms. The molecule has 1 atom stereocenters. The smallest absolute Gasteiger partial charge is 0.332 e. The van der Waals surface area contributed by atoms with E-state index in [2.05, 4.69) is 10.2 Å². The number of ketones is 1. The molecule has 2 heterocycles. The monoisotopic (exact) mass is 480 g/mol. The number of rotatable bonds is 6. The largest absolute Gasteiger partial charge is 0.384 e. The Labute approximate surface area is 197 Å². The van der Waals surface area contributed by atoms with Crippen molar-refractivity contribution in [2.45, 2.75) is 17.3 Å². The van der Waals surface area contributed by atoms with E-state index in [0.717, 1.165) is 26.5 Å². The van der Waals surface area contributed by atoms with Gasteiger partial charge in [-0.05, 0) is 31.2 Å². The van der Waals surface area contributed by atoms with Gasteiger partial charge in [-0.15, -0.1) is 10.2 Å². The van der Waals surface area contributed by atoms with Crippen LogP contribution in [0, 0.1) is 5.82 Å². The zero-order chi connectivity index (χ0) is 24.6. The molecule has 4 rings (SSSR count). The van der Waals surface area contributed by atoms with Crippen molar-refractivity contribution in [1.29, 1.82) is 0 Å². The molecule has 0 aliphatic heterocycles. The van der Waals surface area contributed by atoms with Crippen LogP contribution in [0.5, 0.6) is 0 Å². The number of carbonyl (C=O) groups excluding carboxylic acids is 1. The average molecular weight is 481 g/mol. The van der Waals surface area contributed by atoms with E-state index in [1.165, 1.54) is 26.2 Å². The van der Waals surface area contributed by atoms with Gasteiger partial charge in [-0.3, -0.25) is 23.3 Å². The molecule has 9 nitrogen and oxygen atoms in total. The van der Waals surface area contributed by atoms with Gasteiger partial charge in [-0.2, -0.15) is 0 Å². The number of nitrogen functional groups attached to an aromatic ring is 1. The van der Waals surface area contributed by atoms with Crippen LogP contribution in [-0.4, -0.2) is 34.9 Å². The predicted molar refractivity (Wildman–Crippen MR) is 128 cm³/mol. The average Bonchev–Trinajstić information content (AvgIpc) is 3.26. The Morgan fingerprint density at radius 1 is 1.00 bits per heavy atom. The zero-order valence-electron chi connectivity index (χ0n) is 18.6. The van der Waals surface area contributed by atoms with Crippen molar-refractivity contribution in [1.82, 2.24) is 23.9 Å². The van der Waals surface area contributed by atoms with Gasteiger partial charge >= 0.3 is 5.69 Å². The van der Waals surface area contributed by atoms with Crippen molar-refractivity contribution in [3.8, 4) is 17.1 Å². The number of halogens is 1. The minimum Gasteiger partial charge on any atom is -0.384 e. The Bertz CT molecular complexity index is 1490. The highest BCUT2D eigenvalue weighted by Gasteiger charge is 2.28. The second-order valence-electron chi connectivity index (χ2n) is 7.57. The maximum atomic E-state index is 13.6. The van der Waals surface area contributed by atoms with Crippen molar-refractivity contribution >= 4 is 23.4 Å². The van der Waals surface area contributed by atoms with Crippen LogP contribution >= 0.6 is 11.8 Å². The highest BCUT2D eigenvalue weighted by atomic mass is 32.2. The molecule has 0 amide bonds. The lowest BCUT2D eigenvalue weighted by atomic mass is 10.1. The fourth-order valence-electron chi connectivity index (χ4n) is 3.45. The molecule has 0 saturated carbocycles. The van der Waals surface area contributed by atoms with E-state index < -0.39 is 28.1 Å². The van der Waals surface area contributed by atoms with E-state index in [9.17, 15) is 18.8 Å². The van der Waals surface area contributed by atoms with Crippen molar-refractivity contribution in [3.63, 3.8) is 0 Å². The number of aromatic nitrogens is 5. The van der Waals surface area contributed by atoms with Gasteiger partial charge in [0.2, 0.25) is 0 Å².